The topological polar surface area (TPSA) is 185 Å². The van der Waals surface area contributed by atoms with Gasteiger partial charge in [0.2, 0.25) is 5.91 Å². The maximum absolute atomic E-state index is 14.0. The lowest BCUT2D eigenvalue weighted by atomic mass is 9.76. The van der Waals surface area contributed by atoms with Crippen LogP contribution in [0.25, 0.3) is 21.4 Å². The summed E-state index contributed by atoms with van der Waals surface area (Å²) in [6.07, 6.45) is 2.42. The number of imide groups is 1. The van der Waals surface area contributed by atoms with E-state index >= 15 is 0 Å². The Morgan fingerprint density at radius 2 is 1.49 bits per heavy atom. The summed E-state index contributed by atoms with van der Waals surface area (Å²) in [5.74, 6) is -0.396. The minimum absolute atomic E-state index is 0.0472. The number of thiazole rings is 1. The van der Waals surface area contributed by atoms with Crippen LogP contribution in [-0.4, -0.2) is 140 Å². The fraction of sp³-hybridized carbons (Fsp3) is 0.482. The van der Waals surface area contributed by atoms with Gasteiger partial charge >= 0.3 is 0 Å². The molecular formula is C56H68N4O12S2. The van der Waals surface area contributed by atoms with E-state index in [-0.39, 0.29) is 87.4 Å². The third-order valence-electron chi connectivity index (χ3n) is 12.6. The van der Waals surface area contributed by atoms with Crippen molar-refractivity contribution >= 4 is 63.5 Å². The van der Waals surface area contributed by atoms with Gasteiger partial charge in [-0.2, -0.15) is 0 Å². The van der Waals surface area contributed by atoms with Gasteiger partial charge in [-0.3, -0.25) is 28.9 Å². The number of thioether (sulfide) groups is 1. The maximum Gasteiger partial charge on any atom is 0.293 e. The first-order chi connectivity index (χ1) is 35.5. The molecule has 3 aromatic carbocycles. The van der Waals surface area contributed by atoms with Crippen LogP contribution >= 0.6 is 23.1 Å². The molecule has 4 aromatic rings. The van der Waals surface area contributed by atoms with E-state index < -0.39 is 23.5 Å². The number of benzene rings is 3. The zero-order valence-corrected chi connectivity index (χ0v) is 44.9. The number of rotatable bonds is 29. The molecule has 0 bridgehead atoms. The molecule has 0 spiro atoms. The number of amides is 3. The van der Waals surface area contributed by atoms with Crippen LogP contribution in [0.4, 0.5) is 10.5 Å². The Hall–Kier alpha value is -5.62. The Bertz CT molecular complexity index is 2640. The molecule has 6 rings (SSSR count). The maximum atomic E-state index is 14.0. The third kappa shape index (κ3) is 17.0. The number of likely N-dealkylation sites (tertiary alicyclic amines) is 1. The molecule has 0 unspecified atom stereocenters. The van der Waals surface area contributed by atoms with Gasteiger partial charge < -0.3 is 38.4 Å². The van der Waals surface area contributed by atoms with Crippen molar-refractivity contribution in [2.45, 2.75) is 85.8 Å². The van der Waals surface area contributed by atoms with E-state index in [2.05, 4.69) is 9.83 Å². The second-order valence-corrected chi connectivity index (χ2v) is 21.2. The average Bonchev–Trinajstić information content (AvgIpc) is 4.06. The molecule has 16 nitrogen and oxygen atoms in total. The number of ether oxygens (including phenoxy) is 6. The smallest absolute Gasteiger partial charge is 0.293 e. The van der Waals surface area contributed by atoms with Crippen molar-refractivity contribution in [3.05, 3.63) is 110 Å². The van der Waals surface area contributed by atoms with Gasteiger partial charge in [-0.1, -0.05) is 57.2 Å². The number of aromatic nitrogens is 1. The van der Waals surface area contributed by atoms with E-state index in [1.165, 1.54) is 9.80 Å². The van der Waals surface area contributed by atoms with E-state index in [1.54, 1.807) is 35.6 Å². The molecule has 2 saturated heterocycles. The Balaban J connectivity index is 0.770. The average molecular weight is 1050 g/mol. The van der Waals surface area contributed by atoms with Crippen molar-refractivity contribution in [3.63, 3.8) is 0 Å². The molecule has 396 valence electrons. The number of carbonyl (C=O) groups excluding carboxylic acids is 5. The SMILES string of the molecule is [C-]#[N+]c1ccc(Oc2ccc(/C=C3\SC(=O)N(CCOCCOCCCOCCOCCOCC(=O)C[C@H](C(=O)N4C[C@H](O)C[C@H]4C(=O)CCc4ccc(-c5scnc5C)cc4)C(C)(C)C)C3=O)cc2C)c(C)c1. The van der Waals surface area contributed by atoms with E-state index in [4.69, 9.17) is 35.0 Å². The van der Waals surface area contributed by atoms with Crippen LogP contribution in [0.5, 0.6) is 11.5 Å². The van der Waals surface area contributed by atoms with Crippen LogP contribution < -0.4 is 4.74 Å². The first-order valence-electron chi connectivity index (χ1n) is 25.0. The number of nitrogens with zero attached hydrogens (tertiary/aromatic N) is 4. The summed E-state index contributed by atoms with van der Waals surface area (Å²) in [5, 5.41) is 10.2. The molecule has 0 radical (unpaired) electrons. The quantitative estimate of drug-likeness (QED) is 0.0308. The number of β-amino-alcohol motifs (C(OH)–C–C–N with tert-alkyl or cyclic N) is 1. The Morgan fingerprint density at radius 1 is 0.851 bits per heavy atom. The molecule has 74 heavy (non-hydrogen) atoms. The van der Waals surface area contributed by atoms with Gasteiger partial charge in [0, 0.05) is 44.9 Å². The fourth-order valence-corrected chi connectivity index (χ4v) is 10.1. The van der Waals surface area contributed by atoms with Gasteiger partial charge in [0.15, 0.2) is 17.3 Å². The molecule has 3 atom stereocenters. The van der Waals surface area contributed by atoms with E-state index in [9.17, 15) is 29.1 Å². The zero-order valence-electron chi connectivity index (χ0n) is 43.2. The van der Waals surface area contributed by atoms with Gasteiger partial charge in [0.05, 0.1) is 92.5 Å². The zero-order chi connectivity index (χ0) is 53.2. The molecule has 2 fully saturated rings. The number of aliphatic hydroxyl groups is 1. The molecular weight excluding hydrogens is 985 g/mol. The van der Waals surface area contributed by atoms with E-state index in [0.717, 1.165) is 50.2 Å². The summed E-state index contributed by atoms with van der Waals surface area (Å²) in [6, 6.07) is 18.1. The molecule has 2 aliphatic rings. The number of aliphatic hydroxyl groups excluding tert-OH is 1. The number of carbonyl (C=O) groups is 5. The summed E-state index contributed by atoms with van der Waals surface area (Å²) < 4.78 is 34.1. The van der Waals surface area contributed by atoms with Crippen molar-refractivity contribution in [2.75, 3.05) is 79.2 Å². The van der Waals surface area contributed by atoms with Gasteiger partial charge in [-0.05, 0) is 109 Å². The summed E-state index contributed by atoms with van der Waals surface area (Å²) in [7, 11) is 0. The number of Topliss-reactive ketones (excluding diaryl/α,β-unsaturated/α-hetero) is 2. The monoisotopic (exact) mass is 1050 g/mol. The minimum atomic E-state index is -0.814. The van der Waals surface area contributed by atoms with Gasteiger partial charge in [0.1, 0.15) is 18.1 Å². The van der Waals surface area contributed by atoms with Gasteiger partial charge in [-0.15, -0.1) is 11.3 Å². The molecule has 3 amide bonds. The highest BCUT2D eigenvalue weighted by Gasteiger charge is 2.44. The predicted molar refractivity (Wildman–Crippen MR) is 284 cm³/mol. The van der Waals surface area contributed by atoms with Crippen LogP contribution in [0.2, 0.25) is 0 Å². The van der Waals surface area contributed by atoms with E-state index in [1.807, 2.05) is 89.5 Å². The van der Waals surface area contributed by atoms with Crippen molar-refractivity contribution in [1.82, 2.24) is 14.8 Å². The number of hydrogen-bond donors (Lipinski definition) is 1. The van der Waals surface area contributed by atoms with Crippen molar-refractivity contribution in [3.8, 4) is 21.9 Å². The largest absolute Gasteiger partial charge is 0.457 e. The van der Waals surface area contributed by atoms with Crippen LogP contribution in [0.3, 0.4) is 0 Å². The number of aryl methyl sites for hydroxylation is 4. The lowest BCUT2D eigenvalue weighted by Crippen LogP contribution is -2.47. The van der Waals surface area contributed by atoms with Gasteiger partial charge in [-0.25, -0.2) is 9.83 Å². The highest BCUT2D eigenvalue weighted by Crippen LogP contribution is 2.36. The summed E-state index contributed by atoms with van der Waals surface area (Å²) in [4.78, 5) is 78.2. The highest BCUT2D eigenvalue weighted by molar-refractivity contribution is 8.18. The normalized spacial score (nSPS) is 16.8. The number of ketones is 2. The van der Waals surface area contributed by atoms with Crippen molar-refractivity contribution in [1.29, 1.82) is 0 Å². The van der Waals surface area contributed by atoms with Crippen LogP contribution in [0.15, 0.2) is 71.1 Å². The summed E-state index contributed by atoms with van der Waals surface area (Å²) in [5.41, 5.74) is 7.32. The summed E-state index contributed by atoms with van der Waals surface area (Å²) >= 11 is 2.48. The summed E-state index contributed by atoms with van der Waals surface area (Å²) in [6.45, 7) is 21.6. The van der Waals surface area contributed by atoms with Crippen LogP contribution in [0, 0.1) is 38.7 Å². The second-order valence-electron chi connectivity index (χ2n) is 19.4. The lowest BCUT2D eigenvalue weighted by molar-refractivity contribution is -0.146. The van der Waals surface area contributed by atoms with Crippen LogP contribution in [0.1, 0.15) is 74.4 Å². The molecule has 18 heteroatoms. The second kappa shape index (κ2) is 28.3. The fourth-order valence-electron chi connectivity index (χ4n) is 8.47. The standard InChI is InChI=1S/C56H68N4O12S2/c1-37-29-41(12-17-49(37)72-50-18-15-43(57-7)30-38(50)2)31-51-54(65)59(55(66)74-51)19-22-69-25-23-67-20-8-21-68-24-26-70-27-28-71-35-45(62)32-46(56(4,5)6)53(64)60-34-44(61)33-47(60)48(63)16-11-40-9-13-42(14-10-40)52-39(3)58-36-73-52/h9-10,12-15,17-18,29-31,36,44,46-47,61H,8,11,16,19-28,32-35H2,1-6H3/b51-31-/t44-,46-,47+/m1/s1. The molecule has 2 aliphatic heterocycles. The highest BCUT2D eigenvalue weighted by atomic mass is 32.2. The Kier molecular flexibility index (Phi) is 22.1. The minimum Gasteiger partial charge on any atom is -0.457 e. The molecule has 1 N–H and O–H groups in total. The van der Waals surface area contributed by atoms with Crippen LogP contribution in [-0.2, 0) is 49.3 Å². The van der Waals surface area contributed by atoms with Gasteiger partial charge in [0.25, 0.3) is 11.1 Å². The third-order valence-corrected chi connectivity index (χ3v) is 14.5. The number of hydrogen-bond acceptors (Lipinski definition) is 15. The first kappa shape index (κ1) is 57.7. The molecule has 3 heterocycles. The Labute approximate surface area is 442 Å². The van der Waals surface area contributed by atoms with Crippen molar-refractivity contribution in [2.24, 2.45) is 11.3 Å². The molecule has 0 aliphatic carbocycles. The van der Waals surface area contributed by atoms with E-state index in [0.29, 0.717) is 74.6 Å². The lowest BCUT2D eigenvalue weighted by Gasteiger charge is -2.34. The Morgan fingerprint density at radius 3 is 2.11 bits per heavy atom. The predicted octanol–water partition coefficient (Wildman–Crippen LogP) is 9.37. The molecule has 1 aromatic heterocycles. The molecule has 0 saturated carbocycles. The first-order valence-corrected chi connectivity index (χ1v) is 26.6. The van der Waals surface area contributed by atoms with Crippen molar-refractivity contribution < 1.29 is 57.5 Å².